The Labute approximate surface area is 114 Å². The molecule has 1 aromatic rings. The van der Waals surface area contributed by atoms with Crippen molar-refractivity contribution in [1.82, 2.24) is 4.90 Å². The predicted octanol–water partition coefficient (Wildman–Crippen LogP) is 2.62. The van der Waals surface area contributed by atoms with Gasteiger partial charge in [-0.05, 0) is 31.5 Å². The van der Waals surface area contributed by atoms with Gasteiger partial charge in [0.2, 0.25) is 0 Å². The highest BCUT2D eigenvalue weighted by Gasteiger charge is 2.22. The fraction of sp³-hybridized carbons (Fsp3) is 0.538. The molecule has 1 fully saturated rings. The van der Waals surface area contributed by atoms with Crippen molar-refractivity contribution >= 4 is 24.2 Å². The third kappa shape index (κ3) is 4.51. The minimum Gasteiger partial charge on any atom is -0.329 e. The van der Waals surface area contributed by atoms with Crippen LogP contribution in [-0.4, -0.2) is 36.3 Å². The van der Waals surface area contributed by atoms with E-state index in [9.17, 15) is 0 Å². The van der Waals surface area contributed by atoms with Gasteiger partial charge in [0.05, 0.1) is 0 Å². The van der Waals surface area contributed by atoms with E-state index in [0.29, 0.717) is 6.04 Å². The molecule has 1 aliphatic heterocycles. The minimum atomic E-state index is 0. The van der Waals surface area contributed by atoms with Crippen molar-refractivity contribution in [2.75, 3.05) is 25.4 Å². The highest BCUT2D eigenvalue weighted by Crippen LogP contribution is 2.20. The lowest BCUT2D eigenvalue weighted by Gasteiger charge is -2.22. The van der Waals surface area contributed by atoms with E-state index < -0.39 is 0 Å². The van der Waals surface area contributed by atoms with Gasteiger partial charge in [-0.25, -0.2) is 0 Å². The van der Waals surface area contributed by atoms with Crippen LogP contribution in [0.4, 0.5) is 0 Å². The fourth-order valence-electron chi connectivity index (χ4n) is 2.25. The average molecular weight is 273 g/mol. The lowest BCUT2D eigenvalue weighted by Crippen LogP contribution is -2.36. The first-order valence-electron chi connectivity index (χ1n) is 6.02. The van der Waals surface area contributed by atoms with Crippen molar-refractivity contribution in [3.05, 3.63) is 30.3 Å². The molecule has 0 aromatic heterocycles. The summed E-state index contributed by atoms with van der Waals surface area (Å²) in [6.07, 6.45) is 2.60. The Hall–Kier alpha value is -0.220. The summed E-state index contributed by atoms with van der Waals surface area (Å²) in [5.41, 5.74) is 5.76. The molecule has 0 bridgehead atoms. The first-order chi connectivity index (χ1) is 7.90. The number of halogens is 1. The van der Waals surface area contributed by atoms with E-state index in [2.05, 4.69) is 35.2 Å². The molecule has 0 radical (unpaired) electrons. The molecule has 0 amide bonds. The Kier molecular flexibility index (Phi) is 6.97. The zero-order valence-corrected chi connectivity index (χ0v) is 11.7. The summed E-state index contributed by atoms with van der Waals surface area (Å²) >= 11 is 1.94. The van der Waals surface area contributed by atoms with Crippen molar-refractivity contribution < 1.29 is 0 Å². The summed E-state index contributed by atoms with van der Waals surface area (Å²) in [5, 5.41) is 0. The zero-order valence-electron chi connectivity index (χ0n) is 10.0. The van der Waals surface area contributed by atoms with Gasteiger partial charge in [-0.1, -0.05) is 18.2 Å². The monoisotopic (exact) mass is 272 g/mol. The molecule has 2 N–H and O–H groups in total. The number of hydrogen-bond acceptors (Lipinski definition) is 3. The van der Waals surface area contributed by atoms with E-state index in [-0.39, 0.29) is 12.4 Å². The predicted molar refractivity (Wildman–Crippen MR) is 78.1 cm³/mol. The number of nitrogens with zero attached hydrogens (tertiary/aromatic N) is 1. The van der Waals surface area contributed by atoms with Gasteiger partial charge in [0, 0.05) is 29.8 Å². The normalized spacial score (nSPS) is 20.2. The maximum Gasteiger partial charge on any atom is 0.0219 e. The molecule has 2 nitrogen and oxygen atoms in total. The maximum atomic E-state index is 5.76. The quantitative estimate of drug-likeness (QED) is 0.836. The molecule has 96 valence electrons. The molecule has 1 atom stereocenters. The zero-order chi connectivity index (χ0) is 11.2. The van der Waals surface area contributed by atoms with E-state index >= 15 is 0 Å². The van der Waals surface area contributed by atoms with Gasteiger partial charge in [0.15, 0.2) is 0 Å². The van der Waals surface area contributed by atoms with E-state index in [1.54, 1.807) is 0 Å². The number of rotatable bonds is 5. The van der Waals surface area contributed by atoms with Gasteiger partial charge >= 0.3 is 0 Å². The van der Waals surface area contributed by atoms with Gasteiger partial charge in [-0.3, -0.25) is 4.90 Å². The second-order valence-corrected chi connectivity index (χ2v) is 5.40. The highest BCUT2D eigenvalue weighted by molar-refractivity contribution is 7.99. The van der Waals surface area contributed by atoms with Gasteiger partial charge < -0.3 is 5.73 Å². The third-order valence-corrected chi connectivity index (χ3v) is 4.15. The first-order valence-corrected chi connectivity index (χ1v) is 7.00. The molecular weight excluding hydrogens is 252 g/mol. The SMILES string of the molecule is Cl.NCC1CCCN1CCSc1ccccc1. The Balaban J connectivity index is 0.00000144. The number of nitrogens with two attached hydrogens (primary N) is 1. The topological polar surface area (TPSA) is 29.3 Å². The van der Waals surface area contributed by atoms with Crippen molar-refractivity contribution in [2.24, 2.45) is 5.73 Å². The molecule has 1 unspecified atom stereocenters. The van der Waals surface area contributed by atoms with Crippen LogP contribution in [0.1, 0.15) is 12.8 Å². The van der Waals surface area contributed by atoms with Gasteiger partial charge in [0.1, 0.15) is 0 Å². The molecule has 0 spiro atoms. The largest absolute Gasteiger partial charge is 0.329 e. The van der Waals surface area contributed by atoms with E-state index in [0.717, 1.165) is 6.54 Å². The third-order valence-electron chi connectivity index (χ3n) is 3.16. The van der Waals surface area contributed by atoms with E-state index in [1.165, 1.54) is 36.6 Å². The van der Waals surface area contributed by atoms with Crippen LogP contribution in [0.25, 0.3) is 0 Å². The highest BCUT2D eigenvalue weighted by atomic mass is 35.5. The summed E-state index contributed by atoms with van der Waals surface area (Å²) in [6.45, 7) is 3.22. The van der Waals surface area contributed by atoms with Crippen molar-refractivity contribution in [3.63, 3.8) is 0 Å². The van der Waals surface area contributed by atoms with Crippen molar-refractivity contribution in [2.45, 2.75) is 23.8 Å². The molecule has 1 saturated heterocycles. The second kappa shape index (κ2) is 7.98. The molecular formula is C13H21ClN2S. The van der Waals surface area contributed by atoms with Gasteiger partial charge in [-0.15, -0.1) is 24.2 Å². The lowest BCUT2D eigenvalue weighted by molar-refractivity contribution is 0.275. The van der Waals surface area contributed by atoms with E-state index in [4.69, 9.17) is 5.73 Å². The maximum absolute atomic E-state index is 5.76. The summed E-state index contributed by atoms with van der Waals surface area (Å²) in [6, 6.07) is 11.2. The van der Waals surface area contributed by atoms with Crippen LogP contribution in [0.5, 0.6) is 0 Å². The van der Waals surface area contributed by atoms with Gasteiger partial charge in [0.25, 0.3) is 0 Å². The van der Waals surface area contributed by atoms with Crippen molar-refractivity contribution in [3.8, 4) is 0 Å². The molecule has 1 heterocycles. The molecule has 2 rings (SSSR count). The molecule has 1 aromatic carbocycles. The van der Waals surface area contributed by atoms with Crippen LogP contribution in [-0.2, 0) is 0 Å². The molecule has 17 heavy (non-hydrogen) atoms. The summed E-state index contributed by atoms with van der Waals surface area (Å²) in [5.74, 6) is 1.17. The van der Waals surface area contributed by atoms with Crippen LogP contribution < -0.4 is 5.73 Å². The summed E-state index contributed by atoms with van der Waals surface area (Å²) in [7, 11) is 0. The average Bonchev–Trinajstić information content (AvgIpc) is 2.78. The molecule has 4 heteroatoms. The van der Waals surface area contributed by atoms with Crippen molar-refractivity contribution in [1.29, 1.82) is 0 Å². The number of hydrogen-bond donors (Lipinski definition) is 1. The Morgan fingerprint density at radius 2 is 2.06 bits per heavy atom. The number of thioether (sulfide) groups is 1. The number of benzene rings is 1. The lowest BCUT2D eigenvalue weighted by atomic mass is 10.2. The van der Waals surface area contributed by atoms with E-state index in [1.807, 2.05) is 11.8 Å². The Morgan fingerprint density at radius 1 is 1.29 bits per heavy atom. The van der Waals surface area contributed by atoms with Gasteiger partial charge in [-0.2, -0.15) is 0 Å². The number of likely N-dealkylation sites (tertiary alicyclic amines) is 1. The standard InChI is InChI=1S/C13H20N2S.ClH/c14-11-12-5-4-8-15(12)9-10-16-13-6-2-1-3-7-13;/h1-3,6-7,12H,4-5,8-11,14H2;1H. The molecule has 0 aliphatic carbocycles. The second-order valence-electron chi connectivity index (χ2n) is 4.23. The van der Waals surface area contributed by atoms with Crippen LogP contribution in [0.3, 0.4) is 0 Å². The minimum absolute atomic E-state index is 0. The first kappa shape index (κ1) is 14.8. The van der Waals surface area contributed by atoms with Crippen LogP contribution in [0.15, 0.2) is 35.2 Å². The van der Waals surface area contributed by atoms with Crippen LogP contribution in [0.2, 0.25) is 0 Å². The molecule has 0 saturated carbocycles. The summed E-state index contributed by atoms with van der Waals surface area (Å²) in [4.78, 5) is 3.90. The molecule has 1 aliphatic rings. The Morgan fingerprint density at radius 3 is 2.76 bits per heavy atom. The fourth-order valence-corrected chi connectivity index (χ4v) is 3.17. The Bertz CT molecular complexity index is 308. The van der Waals surface area contributed by atoms with Crippen LogP contribution in [0, 0.1) is 0 Å². The van der Waals surface area contributed by atoms with Crippen LogP contribution >= 0.6 is 24.2 Å². The summed E-state index contributed by atoms with van der Waals surface area (Å²) < 4.78 is 0. The smallest absolute Gasteiger partial charge is 0.0219 e.